The molecule has 0 saturated carbocycles. The molecule has 7 aromatic carbocycles. The summed E-state index contributed by atoms with van der Waals surface area (Å²) >= 11 is 0. The van der Waals surface area contributed by atoms with Crippen molar-refractivity contribution in [1.82, 2.24) is 9.13 Å². The summed E-state index contributed by atoms with van der Waals surface area (Å²) in [4.78, 5) is 4.03. The normalized spacial score (nSPS) is 11.1. The molecule has 0 aliphatic heterocycles. The van der Waals surface area contributed by atoms with Gasteiger partial charge in [-0.05, 0) is 77.4 Å². The van der Waals surface area contributed by atoms with Gasteiger partial charge in [-0.2, -0.15) is 10.5 Å². The van der Waals surface area contributed by atoms with Gasteiger partial charge in [-0.25, -0.2) is 4.85 Å². The van der Waals surface area contributed by atoms with Crippen molar-refractivity contribution in [2.45, 2.75) is 0 Å². The highest BCUT2D eigenvalue weighted by Gasteiger charge is 2.23. The van der Waals surface area contributed by atoms with Crippen LogP contribution in [0.25, 0.3) is 82.1 Å². The Morgan fingerprint density at radius 2 is 1.12 bits per heavy atom. The monoisotopic (exact) mass is 635 g/mol. The lowest BCUT2D eigenvalue weighted by Crippen LogP contribution is -2.01. The third-order valence-corrected chi connectivity index (χ3v) is 9.61. The maximum absolute atomic E-state index is 10.6. The molecule has 0 bridgehead atoms. The van der Waals surface area contributed by atoms with Crippen molar-refractivity contribution in [2.24, 2.45) is 0 Å². The smallest absolute Gasteiger partial charge is 0.195 e. The van der Waals surface area contributed by atoms with Crippen LogP contribution in [0.2, 0.25) is 0 Å². The fraction of sp³-hybridized carbons (Fsp3) is 0. The van der Waals surface area contributed by atoms with Crippen LogP contribution >= 0.6 is 0 Å². The Morgan fingerprint density at radius 3 is 1.80 bits per heavy atom. The van der Waals surface area contributed by atoms with Crippen molar-refractivity contribution in [1.29, 1.82) is 10.5 Å². The van der Waals surface area contributed by atoms with Gasteiger partial charge in [0.1, 0.15) is 0 Å². The molecule has 0 atom stereocenters. The highest BCUT2D eigenvalue weighted by molar-refractivity contribution is 6.11. The molecule has 0 unspecified atom stereocenters. The van der Waals surface area contributed by atoms with Crippen LogP contribution in [0, 0.1) is 29.2 Å². The molecule has 230 valence electrons. The van der Waals surface area contributed by atoms with Crippen molar-refractivity contribution in [3.05, 3.63) is 174 Å². The highest BCUT2D eigenvalue weighted by Crippen LogP contribution is 2.46. The topological polar surface area (TPSA) is 61.8 Å². The highest BCUT2D eigenvalue weighted by atomic mass is 15.0. The molecule has 0 aliphatic rings. The Labute approximate surface area is 288 Å². The van der Waals surface area contributed by atoms with Crippen molar-refractivity contribution < 1.29 is 0 Å². The van der Waals surface area contributed by atoms with E-state index in [1.165, 1.54) is 0 Å². The number of hydrogen-bond donors (Lipinski definition) is 0. The second-order valence-corrected chi connectivity index (χ2v) is 12.2. The van der Waals surface area contributed by atoms with Crippen molar-refractivity contribution in [2.75, 3.05) is 0 Å². The molecule has 5 nitrogen and oxygen atoms in total. The minimum Gasteiger partial charge on any atom is -0.309 e. The van der Waals surface area contributed by atoms with Crippen molar-refractivity contribution in [3.63, 3.8) is 0 Å². The van der Waals surface area contributed by atoms with Gasteiger partial charge in [-0.1, -0.05) is 91.0 Å². The largest absolute Gasteiger partial charge is 0.309 e. The predicted octanol–water partition coefficient (Wildman–Crippen LogP) is 11.5. The standard InChI is InChI=1S/C45H25N5/c1-48-38-18-10-17-33(30-11-8-13-32(26-30)49-39-19-5-4-16-36(39)37-25-29(27-46)23-24-42(37)49)45(38)44-31(28-47)12-9-22-43(44)50-40-20-6-2-14-34(40)35-15-3-7-21-41(35)50/h2-26H. The Morgan fingerprint density at radius 1 is 0.500 bits per heavy atom. The first-order valence-electron chi connectivity index (χ1n) is 16.3. The van der Waals surface area contributed by atoms with Gasteiger partial charge >= 0.3 is 0 Å². The Kier molecular flexibility index (Phi) is 6.56. The first-order chi connectivity index (χ1) is 24.7. The zero-order valence-corrected chi connectivity index (χ0v) is 26.7. The maximum Gasteiger partial charge on any atom is 0.195 e. The summed E-state index contributed by atoms with van der Waals surface area (Å²) in [5.74, 6) is 0. The van der Waals surface area contributed by atoms with E-state index in [0.717, 1.165) is 77.2 Å². The van der Waals surface area contributed by atoms with Gasteiger partial charge in [0.05, 0.1) is 57.6 Å². The van der Waals surface area contributed by atoms with E-state index in [1.54, 1.807) is 0 Å². The molecule has 0 N–H and O–H groups in total. The van der Waals surface area contributed by atoms with Crippen LogP contribution in [0.3, 0.4) is 0 Å². The number of rotatable bonds is 4. The predicted molar refractivity (Wildman–Crippen MR) is 202 cm³/mol. The molecule has 2 heterocycles. The van der Waals surface area contributed by atoms with E-state index >= 15 is 0 Å². The number of benzene rings is 7. The molecule has 50 heavy (non-hydrogen) atoms. The van der Waals surface area contributed by atoms with E-state index in [9.17, 15) is 10.5 Å². The molecule has 0 radical (unpaired) electrons. The third-order valence-electron chi connectivity index (χ3n) is 9.61. The van der Waals surface area contributed by atoms with Gasteiger partial charge in [-0.15, -0.1) is 0 Å². The van der Waals surface area contributed by atoms with Crippen LogP contribution in [0.15, 0.2) is 152 Å². The Balaban J connectivity index is 1.33. The van der Waals surface area contributed by atoms with Gasteiger partial charge in [0.2, 0.25) is 0 Å². The lowest BCUT2D eigenvalue weighted by atomic mass is 9.89. The SMILES string of the molecule is [C-]#[N+]c1cccc(-c2cccc(-n3c4ccccc4c4cc(C#N)ccc43)c2)c1-c1c(C#N)cccc1-n1c2ccccc2c2ccccc21. The second-order valence-electron chi connectivity index (χ2n) is 12.2. The number of aromatic nitrogens is 2. The number of nitriles is 2. The molecule has 0 spiro atoms. The van der Waals surface area contributed by atoms with E-state index in [1.807, 2.05) is 97.1 Å². The van der Waals surface area contributed by atoms with E-state index in [2.05, 4.69) is 80.7 Å². The summed E-state index contributed by atoms with van der Waals surface area (Å²) in [6.45, 7) is 8.31. The van der Waals surface area contributed by atoms with Gasteiger partial charge in [0, 0.05) is 32.8 Å². The molecule has 0 amide bonds. The minimum atomic E-state index is 0.471. The molecular weight excluding hydrogens is 611 g/mol. The number of hydrogen-bond acceptors (Lipinski definition) is 2. The quantitative estimate of drug-likeness (QED) is 0.181. The summed E-state index contributed by atoms with van der Waals surface area (Å²) in [7, 11) is 0. The maximum atomic E-state index is 10.6. The first kappa shape index (κ1) is 28.8. The molecule has 0 fully saturated rings. The van der Waals surface area contributed by atoms with Crippen molar-refractivity contribution >= 4 is 49.3 Å². The fourth-order valence-corrected chi connectivity index (χ4v) is 7.53. The van der Waals surface area contributed by atoms with Crippen LogP contribution in [-0.2, 0) is 0 Å². The lowest BCUT2D eigenvalue weighted by Gasteiger charge is -2.20. The second kappa shape index (κ2) is 11.4. The van der Waals surface area contributed by atoms with Gasteiger partial charge in [-0.3, -0.25) is 0 Å². The molecule has 9 rings (SSSR count). The molecule has 2 aromatic heterocycles. The summed E-state index contributed by atoms with van der Waals surface area (Å²) in [5.41, 5.74) is 10.7. The lowest BCUT2D eigenvalue weighted by molar-refractivity contribution is 1.18. The first-order valence-corrected chi connectivity index (χ1v) is 16.3. The molecule has 0 aliphatic carbocycles. The molecule has 5 heteroatoms. The van der Waals surface area contributed by atoms with Crippen LogP contribution in [-0.4, -0.2) is 9.13 Å². The molecule has 0 saturated heterocycles. The van der Waals surface area contributed by atoms with Crippen molar-refractivity contribution in [3.8, 4) is 45.8 Å². The third kappa shape index (κ3) is 4.24. The summed E-state index contributed by atoms with van der Waals surface area (Å²) in [6, 6.07) is 55.3. The van der Waals surface area contributed by atoms with Crippen LogP contribution in [0.4, 0.5) is 5.69 Å². The van der Waals surface area contributed by atoms with Gasteiger partial charge in [0.15, 0.2) is 5.69 Å². The zero-order chi connectivity index (χ0) is 33.8. The molecular formula is C45H25N5. The average molecular weight is 636 g/mol. The van der Waals surface area contributed by atoms with E-state index in [0.29, 0.717) is 16.8 Å². The van der Waals surface area contributed by atoms with Crippen LogP contribution in [0.1, 0.15) is 11.1 Å². The molecule has 9 aromatic rings. The van der Waals surface area contributed by atoms with Gasteiger partial charge < -0.3 is 9.13 Å². The number of para-hydroxylation sites is 3. The Hall–Kier alpha value is -7.39. The van der Waals surface area contributed by atoms with E-state index in [4.69, 9.17) is 6.57 Å². The number of fused-ring (bicyclic) bond motifs is 6. The minimum absolute atomic E-state index is 0.471. The van der Waals surface area contributed by atoms with Crippen LogP contribution in [0.5, 0.6) is 0 Å². The zero-order valence-electron chi connectivity index (χ0n) is 26.7. The average Bonchev–Trinajstić information content (AvgIpc) is 3.70. The fourth-order valence-electron chi connectivity index (χ4n) is 7.53. The van der Waals surface area contributed by atoms with Crippen LogP contribution < -0.4 is 0 Å². The van der Waals surface area contributed by atoms with Gasteiger partial charge in [0.25, 0.3) is 0 Å². The summed E-state index contributed by atoms with van der Waals surface area (Å²) < 4.78 is 4.44. The summed E-state index contributed by atoms with van der Waals surface area (Å²) in [5, 5.41) is 24.6. The Bertz CT molecular complexity index is 2920. The van der Waals surface area contributed by atoms with E-state index in [-0.39, 0.29) is 0 Å². The van der Waals surface area contributed by atoms with E-state index < -0.39 is 0 Å². The summed E-state index contributed by atoms with van der Waals surface area (Å²) in [6.07, 6.45) is 0. The number of nitrogens with zero attached hydrogens (tertiary/aromatic N) is 5.